The Labute approximate surface area is 169 Å². The van der Waals surface area contributed by atoms with Gasteiger partial charge in [0.1, 0.15) is 5.82 Å². The van der Waals surface area contributed by atoms with Crippen LogP contribution in [0.3, 0.4) is 0 Å². The van der Waals surface area contributed by atoms with Crippen molar-refractivity contribution in [3.8, 4) is 5.69 Å². The van der Waals surface area contributed by atoms with Crippen LogP contribution in [0.15, 0.2) is 48.5 Å². The minimum Gasteiger partial charge on any atom is -0.381 e. The number of aromatic nitrogens is 2. The van der Waals surface area contributed by atoms with E-state index in [1.54, 1.807) is 12.1 Å². The topological polar surface area (TPSA) is 59.0 Å². The molecule has 5 nitrogen and oxygen atoms in total. The van der Waals surface area contributed by atoms with E-state index in [0.29, 0.717) is 13.0 Å². The number of hydrogen-bond donors (Lipinski definition) is 2. The van der Waals surface area contributed by atoms with Gasteiger partial charge in [0.15, 0.2) is 0 Å². The van der Waals surface area contributed by atoms with Crippen molar-refractivity contribution in [1.29, 1.82) is 0 Å². The second-order valence-electron chi connectivity index (χ2n) is 7.53. The molecule has 3 aromatic rings. The number of rotatable bonds is 5. The molecular formula is C23H25FN4O. The minimum atomic E-state index is -0.258. The number of nitrogens with one attached hydrogen (secondary N) is 2. The lowest BCUT2D eigenvalue weighted by Crippen LogP contribution is -2.32. The van der Waals surface area contributed by atoms with Gasteiger partial charge in [0, 0.05) is 29.9 Å². The molecule has 6 heteroatoms. The molecule has 2 heterocycles. The lowest BCUT2D eigenvalue weighted by molar-refractivity contribution is -0.123. The summed E-state index contributed by atoms with van der Waals surface area (Å²) in [7, 11) is 0. The molecule has 1 aliphatic heterocycles. The predicted octanol–water partition coefficient (Wildman–Crippen LogP) is 4.58. The summed E-state index contributed by atoms with van der Waals surface area (Å²) in [5.41, 5.74) is 6.06. The van der Waals surface area contributed by atoms with Crippen LogP contribution in [0.1, 0.15) is 47.8 Å². The van der Waals surface area contributed by atoms with E-state index in [9.17, 15) is 9.18 Å². The van der Waals surface area contributed by atoms with Gasteiger partial charge in [0.05, 0.1) is 17.4 Å². The lowest BCUT2D eigenvalue weighted by Gasteiger charge is -2.24. The molecule has 1 saturated heterocycles. The zero-order chi connectivity index (χ0) is 20.4. The average Bonchev–Trinajstić information content (AvgIpc) is 3.01. The van der Waals surface area contributed by atoms with E-state index in [-0.39, 0.29) is 17.8 Å². The number of piperidine rings is 1. The summed E-state index contributed by atoms with van der Waals surface area (Å²) in [6.07, 6.45) is 2.51. The average molecular weight is 392 g/mol. The van der Waals surface area contributed by atoms with Crippen LogP contribution in [-0.4, -0.2) is 15.7 Å². The summed E-state index contributed by atoms with van der Waals surface area (Å²) in [4.78, 5) is 11.7. The van der Waals surface area contributed by atoms with Crippen molar-refractivity contribution in [1.82, 2.24) is 15.1 Å². The number of carbonyl (C=O) groups is 1. The molecule has 2 aromatic carbocycles. The molecule has 0 saturated carbocycles. The quantitative estimate of drug-likeness (QED) is 0.668. The molecule has 1 aromatic heterocycles. The van der Waals surface area contributed by atoms with Gasteiger partial charge in [-0.3, -0.25) is 4.79 Å². The Morgan fingerprint density at radius 2 is 2.00 bits per heavy atom. The number of carbonyl (C=O) groups excluding carboxylic acids is 1. The predicted molar refractivity (Wildman–Crippen MR) is 111 cm³/mol. The molecule has 0 spiro atoms. The maximum Gasteiger partial charge on any atom is 0.220 e. The van der Waals surface area contributed by atoms with Crippen LogP contribution in [0.25, 0.3) is 5.69 Å². The molecule has 4 rings (SSSR count). The van der Waals surface area contributed by atoms with Gasteiger partial charge in [0.25, 0.3) is 0 Å². The number of anilines is 1. The van der Waals surface area contributed by atoms with Crippen molar-refractivity contribution in [2.24, 2.45) is 0 Å². The molecule has 1 atom stereocenters. The molecule has 29 heavy (non-hydrogen) atoms. The van der Waals surface area contributed by atoms with E-state index in [4.69, 9.17) is 0 Å². The highest BCUT2D eigenvalue weighted by Gasteiger charge is 2.20. The Morgan fingerprint density at radius 3 is 2.76 bits per heavy atom. The zero-order valence-corrected chi connectivity index (χ0v) is 16.7. The van der Waals surface area contributed by atoms with Crippen LogP contribution in [-0.2, 0) is 11.3 Å². The Morgan fingerprint density at radius 1 is 1.21 bits per heavy atom. The fourth-order valence-electron chi connectivity index (χ4n) is 3.88. The first-order valence-electron chi connectivity index (χ1n) is 9.95. The molecule has 1 fully saturated rings. The molecule has 2 N–H and O–H groups in total. The highest BCUT2D eigenvalue weighted by atomic mass is 19.1. The third-order valence-electron chi connectivity index (χ3n) is 5.50. The first-order valence-corrected chi connectivity index (χ1v) is 9.95. The van der Waals surface area contributed by atoms with Crippen LogP contribution in [0.2, 0.25) is 0 Å². The van der Waals surface area contributed by atoms with E-state index in [1.807, 2.05) is 30.7 Å². The lowest BCUT2D eigenvalue weighted by atomic mass is 9.97. The molecule has 1 unspecified atom stereocenters. The van der Waals surface area contributed by atoms with Crippen molar-refractivity contribution >= 4 is 11.6 Å². The fourth-order valence-corrected chi connectivity index (χ4v) is 3.88. The Bertz CT molecular complexity index is 1030. The number of hydrogen-bond acceptors (Lipinski definition) is 3. The van der Waals surface area contributed by atoms with Crippen molar-refractivity contribution in [2.75, 3.05) is 5.32 Å². The Hall–Kier alpha value is -3.15. The number of aryl methyl sites for hydroxylation is 1. The van der Waals surface area contributed by atoms with Gasteiger partial charge in [-0.2, -0.15) is 5.10 Å². The monoisotopic (exact) mass is 392 g/mol. The van der Waals surface area contributed by atoms with Gasteiger partial charge in [-0.1, -0.05) is 12.1 Å². The highest BCUT2D eigenvalue weighted by molar-refractivity contribution is 5.77. The van der Waals surface area contributed by atoms with Crippen LogP contribution < -0.4 is 10.6 Å². The normalized spacial score (nSPS) is 16.5. The highest BCUT2D eigenvalue weighted by Crippen LogP contribution is 2.26. The van der Waals surface area contributed by atoms with Gasteiger partial charge < -0.3 is 10.6 Å². The standard InChI is InChI=1S/C23H25FN4O/c1-15-21(16(2)28(27-15)20-11-9-18(24)10-12-20)14-25-19-6-3-5-17(13-19)22-7-4-8-23(29)26-22/h3,5-6,9-13,22,25H,4,7-8,14H2,1-2H3,(H,26,29). The van der Waals surface area contributed by atoms with Crippen molar-refractivity contribution in [3.05, 3.63) is 76.9 Å². The molecule has 0 aliphatic carbocycles. The van der Waals surface area contributed by atoms with Crippen LogP contribution in [0, 0.1) is 19.7 Å². The first kappa shape index (κ1) is 19.2. The summed E-state index contributed by atoms with van der Waals surface area (Å²) in [6.45, 7) is 4.64. The first-order chi connectivity index (χ1) is 14.0. The SMILES string of the molecule is Cc1nn(-c2ccc(F)cc2)c(C)c1CNc1cccc(C2CCCC(=O)N2)c1. The summed E-state index contributed by atoms with van der Waals surface area (Å²) < 4.78 is 15.1. The van der Waals surface area contributed by atoms with Crippen molar-refractivity contribution < 1.29 is 9.18 Å². The third kappa shape index (κ3) is 4.16. The number of halogens is 1. The van der Waals surface area contributed by atoms with Crippen molar-refractivity contribution in [3.63, 3.8) is 0 Å². The summed E-state index contributed by atoms with van der Waals surface area (Å²) in [5, 5.41) is 11.2. The van der Waals surface area contributed by atoms with Gasteiger partial charge >= 0.3 is 0 Å². The summed E-state index contributed by atoms with van der Waals surface area (Å²) in [5.74, 6) is -0.134. The van der Waals surface area contributed by atoms with E-state index in [2.05, 4.69) is 27.9 Å². The van der Waals surface area contributed by atoms with Gasteiger partial charge in [-0.15, -0.1) is 0 Å². The van der Waals surface area contributed by atoms with Gasteiger partial charge in [-0.25, -0.2) is 9.07 Å². The summed E-state index contributed by atoms with van der Waals surface area (Å²) >= 11 is 0. The molecule has 1 aliphatic rings. The molecule has 0 radical (unpaired) electrons. The zero-order valence-electron chi connectivity index (χ0n) is 16.7. The maximum atomic E-state index is 13.2. The Kier molecular flexibility index (Phi) is 5.34. The largest absolute Gasteiger partial charge is 0.381 e. The van der Waals surface area contributed by atoms with Crippen LogP contribution in [0.5, 0.6) is 0 Å². The smallest absolute Gasteiger partial charge is 0.220 e. The number of nitrogens with zero attached hydrogens (tertiary/aromatic N) is 2. The van der Waals surface area contributed by atoms with E-state index in [0.717, 1.165) is 46.7 Å². The van der Waals surface area contributed by atoms with E-state index in [1.165, 1.54) is 12.1 Å². The van der Waals surface area contributed by atoms with Crippen LogP contribution >= 0.6 is 0 Å². The van der Waals surface area contributed by atoms with Gasteiger partial charge in [0.2, 0.25) is 5.91 Å². The second-order valence-corrected chi connectivity index (χ2v) is 7.53. The van der Waals surface area contributed by atoms with Crippen molar-refractivity contribution in [2.45, 2.75) is 45.7 Å². The maximum absolute atomic E-state index is 13.2. The molecule has 0 bridgehead atoms. The van der Waals surface area contributed by atoms with E-state index >= 15 is 0 Å². The van der Waals surface area contributed by atoms with Gasteiger partial charge in [-0.05, 0) is 68.7 Å². The fraction of sp³-hybridized carbons (Fsp3) is 0.304. The van der Waals surface area contributed by atoms with Crippen LogP contribution in [0.4, 0.5) is 10.1 Å². The molecular weight excluding hydrogens is 367 g/mol. The number of amides is 1. The third-order valence-corrected chi connectivity index (χ3v) is 5.50. The van der Waals surface area contributed by atoms with E-state index < -0.39 is 0 Å². The summed E-state index contributed by atoms with van der Waals surface area (Å²) in [6, 6.07) is 14.6. The second kappa shape index (κ2) is 8.07. The number of benzene rings is 2. The minimum absolute atomic E-state index is 0.0858. The molecule has 1 amide bonds. The Balaban J connectivity index is 1.50. The molecule has 150 valence electrons.